The first-order valence-electron chi connectivity index (χ1n) is 7.48. The zero-order valence-corrected chi connectivity index (χ0v) is 14.0. The Kier molecular flexibility index (Phi) is 4.02. The van der Waals surface area contributed by atoms with Crippen LogP contribution in [0.4, 0.5) is 0 Å². The van der Waals surface area contributed by atoms with Gasteiger partial charge in [0.05, 0.1) is 4.90 Å². The number of aromatic nitrogens is 3. The van der Waals surface area contributed by atoms with Gasteiger partial charge in [-0.05, 0) is 36.6 Å². The van der Waals surface area contributed by atoms with E-state index in [1.165, 1.54) is 16.9 Å². The van der Waals surface area contributed by atoms with Crippen LogP contribution in [0.25, 0.3) is 16.7 Å². The Morgan fingerprint density at radius 3 is 2.21 bits per heavy atom. The van der Waals surface area contributed by atoms with Gasteiger partial charge in [-0.2, -0.15) is 8.42 Å². The summed E-state index contributed by atoms with van der Waals surface area (Å²) in [6.07, 6.45) is 0.611. The first kappa shape index (κ1) is 16.4. The van der Waals surface area contributed by atoms with Gasteiger partial charge in [0, 0.05) is 5.56 Å². The minimum absolute atomic E-state index is 0.155. The van der Waals surface area contributed by atoms with Crippen molar-refractivity contribution in [2.75, 3.05) is 0 Å². The molecule has 0 radical (unpaired) electrons. The summed E-state index contributed by atoms with van der Waals surface area (Å²) in [5.74, 6) is -0.392. The number of hydrogen-bond donors (Lipinski definition) is 2. The van der Waals surface area contributed by atoms with Crippen LogP contribution in [-0.2, 0) is 10.1 Å². The van der Waals surface area contributed by atoms with Crippen LogP contribution in [0.2, 0.25) is 0 Å². The number of hydrogen-bond acceptors (Lipinski definition) is 5. The molecule has 24 heavy (non-hydrogen) atoms. The molecule has 0 spiro atoms. The standard InChI is InChI=1S/C16H17N3O4S/c1-3-10(2)15-14(24(21,22)23)9-8-13(20)16(15)19-17-11-6-4-5-7-12(11)18-19/h4-10,20H,3H2,1-2H3,(H,21,22,23). The normalized spacial score (nSPS) is 13.3. The molecule has 7 nitrogen and oxygen atoms in total. The molecule has 3 rings (SSSR count). The Balaban J connectivity index is 2.37. The molecule has 1 heterocycles. The van der Waals surface area contributed by atoms with E-state index < -0.39 is 10.1 Å². The summed E-state index contributed by atoms with van der Waals surface area (Å²) in [5.41, 5.74) is 1.68. The molecule has 1 aromatic heterocycles. The Labute approximate surface area is 139 Å². The van der Waals surface area contributed by atoms with E-state index in [0.717, 1.165) is 0 Å². The number of phenols is 1. The van der Waals surface area contributed by atoms with Crippen LogP contribution >= 0.6 is 0 Å². The second-order valence-corrected chi connectivity index (χ2v) is 7.00. The molecule has 0 amide bonds. The molecule has 126 valence electrons. The van der Waals surface area contributed by atoms with Gasteiger partial charge in [-0.3, -0.25) is 4.55 Å². The van der Waals surface area contributed by atoms with Gasteiger partial charge < -0.3 is 5.11 Å². The van der Waals surface area contributed by atoms with Crippen LogP contribution in [0.15, 0.2) is 41.3 Å². The van der Waals surface area contributed by atoms with Gasteiger partial charge in [-0.15, -0.1) is 15.0 Å². The number of aromatic hydroxyl groups is 1. The molecule has 0 saturated carbocycles. The fourth-order valence-electron chi connectivity index (χ4n) is 2.65. The molecule has 0 fully saturated rings. The minimum Gasteiger partial charge on any atom is -0.506 e. The summed E-state index contributed by atoms with van der Waals surface area (Å²) in [5, 5.41) is 19.0. The maximum Gasteiger partial charge on any atom is 0.294 e. The van der Waals surface area contributed by atoms with Crippen LogP contribution < -0.4 is 0 Å². The summed E-state index contributed by atoms with van der Waals surface area (Å²) in [7, 11) is -4.45. The van der Waals surface area contributed by atoms with Gasteiger partial charge in [-0.25, -0.2) is 0 Å². The zero-order chi connectivity index (χ0) is 17.5. The monoisotopic (exact) mass is 347 g/mol. The van der Waals surface area contributed by atoms with Gasteiger partial charge >= 0.3 is 0 Å². The van der Waals surface area contributed by atoms with Gasteiger partial charge in [0.15, 0.2) is 0 Å². The fraction of sp³-hybridized carbons (Fsp3) is 0.250. The van der Waals surface area contributed by atoms with Crippen molar-refractivity contribution in [3.63, 3.8) is 0 Å². The summed E-state index contributed by atoms with van der Waals surface area (Å²) in [6.45, 7) is 3.70. The van der Waals surface area contributed by atoms with Crippen molar-refractivity contribution in [3.05, 3.63) is 42.0 Å². The molecule has 0 aliphatic heterocycles. The maximum atomic E-state index is 11.8. The summed E-state index contributed by atoms with van der Waals surface area (Å²) in [4.78, 5) is 0.974. The van der Waals surface area contributed by atoms with Crippen molar-refractivity contribution in [1.29, 1.82) is 0 Å². The van der Waals surface area contributed by atoms with Crippen LogP contribution in [0.3, 0.4) is 0 Å². The smallest absolute Gasteiger partial charge is 0.294 e. The third kappa shape index (κ3) is 2.74. The lowest BCUT2D eigenvalue weighted by Gasteiger charge is -2.18. The third-order valence-corrected chi connectivity index (χ3v) is 4.94. The van der Waals surface area contributed by atoms with Crippen molar-refractivity contribution in [2.24, 2.45) is 0 Å². The van der Waals surface area contributed by atoms with Crippen molar-refractivity contribution in [2.45, 2.75) is 31.1 Å². The van der Waals surface area contributed by atoms with Crippen LogP contribution in [0.1, 0.15) is 31.7 Å². The summed E-state index contributed by atoms with van der Waals surface area (Å²) >= 11 is 0. The Morgan fingerprint density at radius 2 is 1.71 bits per heavy atom. The number of benzene rings is 2. The van der Waals surface area contributed by atoms with Gasteiger partial charge in [0.2, 0.25) is 0 Å². The number of fused-ring (bicyclic) bond motifs is 1. The topological polar surface area (TPSA) is 105 Å². The van der Waals surface area contributed by atoms with Crippen molar-refractivity contribution < 1.29 is 18.1 Å². The highest BCUT2D eigenvalue weighted by Gasteiger charge is 2.26. The van der Waals surface area contributed by atoms with Crippen molar-refractivity contribution in [3.8, 4) is 11.4 Å². The molecular formula is C16H17N3O4S. The lowest BCUT2D eigenvalue weighted by Crippen LogP contribution is -2.12. The third-order valence-electron chi connectivity index (χ3n) is 4.03. The second-order valence-electron chi connectivity index (χ2n) is 5.61. The van der Waals surface area contributed by atoms with Gasteiger partial charge in [0.1, 0.15) is 22.5 Å². The molecule has 0 bridgehead atoms. The van der Waals surface area contributed by atoms with Crippen molar-refractivity contribution in [1.82, 2.24) is 15.0 Å². The van der Waals surface area contributed by atoms with E-state index >= 15 is 0 Å². The number of phenolic OH excluding ortho intramolecular Hbond substituents is 1. The number of nitrogens with zero attached hydrogens (tertiary/aromatic N) is 3. The van der Waals surface area contributed by atoms with E-state index in [-0.39, 0.29) is 22.3 Å². The van der Waals surface area contributed by atoms with Gasteiger partial charge in [0.25, 0.3) is 10.1 Å². The molecule has 1 unspecified atom stereocenters. The molecular weight excluding hydrogens is 330 g/mol. The second kappa shape index (κ2) is 5.88. The Morgan fingerprint density at radius 1 is 1.12 bits per heavy atom. The molecule has 0 aliphatic rings. The van der Waals surface area contributed by atoms with Crippen LogP contribution in [0.5, 0.6) is 5.75 Å². The maximum absolute atomic E-state index is 11.8. The van der Waals surface area contributed by atoms with E-state index in [1.807, 2.05) is 26.0 Å². The van der Waals surface area contributed by atoms with E-state index in [9.17, 15) is 18.1 Å². The average molecular weight is 347 g/mol. The zero-order valence-electron chi connectivity index (χ0n) is 13.2. The summed E-state index contributed by atoms with van der Waals surface area (Å²) < 4.78 is 33.1. The van der Waals surface area contributed by atoms with E-state index in [4.69, 9.17) is 0 Å². The van der Waals surface area contributed by atoms with Crippen LogP contribution in [0, 0.1) is 0 Å². The molecule has 0 saturated heterocycles. The van der Waals surface area contributed by atoms with E-state index in [1.54, 1.807) is 12.1 Å². The SMILES string of the molecule is CCC(C)c1c(S(=O)(=O)O)ccc(O)c1-n1nc2ccccc2n1. The predicted octanol–water partition coefficient (Wildman–Crippen LogP) is 2.89. The first-order chi connectivity index (χ1) is 11.3. The Hall–Kier alpha value is -2.45. The van der Waals surface area contributed by atoms with Crippen LogP contribution in [-0.4, -0.2) is 33.1 Å². The Bertz CT molecular complexity index is 978. The molecule has 1 atom stereocenters. The average Bonchev–Trinajstić information content (AvgIpc) is 2.96. The van der Waals surface area contributed by atoms with Gasteiger partial charge in [-0.1, -0.05) is 26.0 Å². The van der Waals surface area contributed by atoms with E-state index in [2.05, 4.69) is 10.2 Å². The lowest BCUT2D eigenvalue weighted by molar-refractivity contribution is 0.461. The highest BCUT2D eigenvalue weighted by molar-refractivity contribution is 7.85. The largest absolute Gasteiger partial charge is 0.506 e. The van der Waals surface area contributed by atoms with Crippen molar-refractivity contribution >= 4 is 21.2 Å². The molecule has 8 heteroatoms. The number of rotatable bonds is 4. The predicted molar refractivity (Wildman–Crippen MR) is 89.1 cm³/mol. The first-order valence-corrected chi connectivity index (χ1v) is 8.92. The molecule has 0 aliphatic carbocycles. The fourth-order valence-corrected chi connectivity index (χ4v) is 3.47. The lowest BCUT2D eigenvalue weighted by atomic mass is 9.96. The quantitative estimate of drug-likeness (QED) is 0.703. The highest BCUT2D eigenvalue weighted by Crippen LogP contribution is 2.37. The molecule has 2 N–H and O–H groups in total. The minimum atomic E-state index is -4.45. The molecule has 3 aromatic rings. The summed E-state index contributed by atoms with van der Waals surface area (Å²) in [6, 6.07) is 9.57. The van der Waals surface area contributed by atoms with E-state index in [0.29, 0.717) is 23.0 Å². The molecule has 2 aromatic carbocycles. The highest BCUT2D eigenvalue weighted by atomic mass is 32.2.